The van der Waals surface area contributed by atoms with Crippen LogP contribution in [0.4, 0.5) is 5.82 Å². The third-order valence-corrected chi connectivity index (χ3v) is 4.40. The molecule has 2 aliphatic heterocycles. The van der Waals surface area contributed by atoms with E-state index in [4.69, 9.17) is 18.7 Å². The Morgan fingerprint density at radius 3 is 2.67 bits per heavy atom. The lowest BCUT2D eigenvalue weighted by Gasteiger charge is -2.38. The summed E-state index contributed by atoms with van der Waals surface area (Å²) in [6.07, 6.45) is 3.48. The van der Waals surface area contributed by atoms with Crippen molar-refractivity contribution in [1.82, 2.24) is 15.1 Å². The Hall–Kier alpha value is -2.03. The molecule has 128 valence electrons. The second-order valence-corrected chi connectivity index (χ2v) is 5.95. The zero-order valence-electron chi connectivity index (χ0n) is 13.6. The van der Waals surface area contributed by atoms with Crippen molar-refractivity contribution in [2.24, 2.45) is 0 Å². The third-order valence-electron chi connectivity index (χ3n) is 4.40. The first-order chi connectivity index (χ1) is 11.8. The first kappa shape index (κ1) is 15.5. The summed E-state index contributed by atoms with van der Waals surface area (Å²) in [6.45, 7) is 3.45. The average molecular weight is 332 g/mol. The van der Waals surface area contributed by atoms with Crippen LogP contribution in [0.3, 0.4) is 0 Å². The molecule has 4 rings (SSSR count). The molecule has 0 aliphatic carbocycles. The quantitative estimate of drug-likeness (QED) is 0.835. The molecule has 0 N–H and O–H groups in total. The second-order valence-electron chi connectivity index (χ2n) is 5.95. The SMILES string of the molecule is COCc1noc(-c2ccc(N3CCC4(CC3)OCCO4)nc2)n1. The van der Waals surface area contributed by atoms with Crippen LogP contribution < -0.4 is 4.90 Å². The van der Waals surface area contributed by atoms with Gasteiger partial charge in [0.25, 0.3) is 5.89 Å². The highest BCUT2D eigenvalue weighted by molar-refractivity contribution is 5.54. The van der Waals surface area contributed by atoms with E-state index in [1.807, 2.05) is 12.1 Å². The van der Waals surface area contributed by atoms with E-state index in [9.17, 15) is 0 Å². The maximum Gasteiger partial charge on any atom is 0.259 e. The lowest BCUT2D eigenvalue weighted by Crippen LogP contribution is -2.45. The molecule has 8 nitrogen and oxygen atoms in total. The molecular formula is C16H20N4O4. The highest BCUT2D eigenvalue weighted by Gasteiger charge is 2.39. The van der Waals surface area contributed by atoms with Gasteiger partial charge in [-0.1, -0.05) is 5.16 Å². The monoisotopic (exact) mass is 332 g/mol. The lowest BCUT2D eigenvalue weighted by molar-refractivity contribution is -0.169. The summed E-state index contributed by atoms with van der Waals surface area (Å²) in [6, 6.07) is 3.92. The van der Waals surface area contributed by atoms with Crippen LogP contribution in [0, 0.1) is 0 Å². The van der Waals surface area contributed by atoms with Gasteiger partial charge < -0.3 is 23.6 Å². The summed E-state index contributed by atoms with van der Waals surface area (Å²) < 4.78 is 21.7. The smallest absolute Gasteiger partial charge is 0.259 e. The molecule has 0 radical (unpaired) electrons. The van der Waals surface area contributed by atoms with Crippen LogP contribution in [0.1, 0.15) is 18.7 Å². The molecule has 2 aromatic heterocycles. The first-order valence-corrected chi connectivity index (χ1v) is 8.09. The fraction of sp³-hybridized carbons (Fsp3) is 0.562. The summed E-state index contributed by atoms with van der Waals surface area (Å²) in [5.74, 6) is 1.54. The zero-order chi connectivity index (χ0) is 16.4. The summed E-state index contributed by atoms with van der Waals surface area (Å²) in [7, 11) is 1.59. The van der Waals surface area contributed by atoms with Crippen LogP contribution in [0.15, 0.2) is 22.9 Å². The van der Waals surface area contributed by atoms with Crippen molar-refractivity contribution in [3.63, 3.8) is 0 Å². The highest BCUT2D eigenvalue weighted by atomic mass is 16.7. The molecule has 2 aromatic rings. The van der Waals surface area contributed by atoms with Crippen LogP contribution >= 0.6 is 0 Å². The minimum atomic E-state index is -0.363. The predicted octanol–water partition coefficient (Wildman–Crippen LogP) is 1.62. The number of rotatable bonds is 4. The topological polar surface area (TPSA) is 82.7 Å². The Labute approximate surface area is 139 Å². The summed E-state index contributed by atoms with van der Waals surface area (Å²) >= 11 is 0. The molecule has 0 amide bonds. The second kappa shape index (κ2) is 6.46. The molecule has 0 saturated carbocycles. The number of anilines is 1. The van der Waals surface area contributed by atoms with E-state index >= 15 is 0 Å². The Bertz CT molecular complexity index is 672. The van der Waals surface area contributed by atoms with E-state index in [-0.39, 0.29) is 5.79 Å². The Balaban J connectivity index is 1.42. The van der Waals surface area contributed by atoms with Gasteiger partial charge in [-0.2, -0.15) is 4.98 Å². The van der Waals surface area contributed by atoms with Gasteiger partial charge in [-0.05, 0) is 12.1 Å². The van der Waals surface area contributed by atoms with E-state index in [1.165, 1.54) is 0 Å². The van der Waals surface area contributed by atoms with Crippen molar-refractivity contribution >= 4 is 5.82 Å². The largest absolute Gasteiger partial charge is 0.377 e. The number of nitrogens with zero attached hydrogens (tertiary/aromatic N) is 4. The molecule has 4 heterocycles. The van der Waals surface area contributed by atoms with Crippen molar-refractivity contribution in [2.75, 3.05) is 38.3 Å². The Morgan fingerprint density at radius 2 is 2.00 bits per heavy atom. The van der Waals surface area contributed by atoms with Crippen LogP contribution in [0.2, 0.25) is 0 Å². The molecule has 1 spiro atoms. The zero-order valence-corrected chi connectivity index (χ0v) is 13.6. The number of ether oxygens (including phenoxy) is 3. The van der Waals surface area contributed by atoms with Gasteiger partial charge in [-0.3, -0.25) is 0 Å². The van der Waals surface area contributed by atoms with Gasteiger partial charge in [0.05, 0.1) is 18.8 Å². The van der Waals surface area contributed by atoms with Crippen LogP contribution in [-0.2, 0) is 20.8 Å². The maximum atomic E-state index is 5.76. The Kier molecular flexibility index (Phi) is 4.17. The van der Waals surface area contributed by atoms with Crippen molar-refractivity contribution < 1.29 is 18.7 Å². The molecule has 0 unspecified atom stereocenters. The summed E-state index contributed by atoms with van der Waals surface area (Å²) in [5.41, 5.74) is 0.796. The van der Waals surface area contributed by atoms with E-state index in [2.05, 4.69) is 20.0 Å². The number of piperidine rings is 1. The van der Waals surface area contributed by atoms with E-state index in [0.29, 0.717) is 31.5 Å². The van der Waals surface area contributed by atoms with Crippen molar-refractivity contribution in [3.8, 4) is 11.5 Å². The predicted molar refractivity (Wildman–Crippen MR) is 84.3 cm³/mol. The molecule has 8 heteroatoms. The van der Waals surface area contributed by atoms with Crippen molar-refractivity contribution in [1.29, 1.82) is 0 Å². The van der Waals surface area contributed by atoms with E-state index in [0.717, 1.165) is 37.3 Å². The normalized spacial score (nSPS) is 20.0. The van der Waals surface area contributed by atoms with Gasteiger partial charge in [-0.25, -0.2) is 4.98 Å². The highest BCUT2D eigenvalue weighted by Crippen LogP contribution is 2.32. The van der Waals surface area contributed by atoms with Crippen LogP contribution in [0.25, 0.3) is 11.5 Å². The Morgan fingerprint density at radius 1 is 1.21 bits per heavy atom. The molecule has 2 fully saturated rings. The lowest BCUT2D eigenvalue weighted by atomic mass is 10.0. The van der Waals surface area contributed by atoms with Crippen LogP contribution in [0.5, 0.6) is 0 Å². The standard InChI is InChI=1S/C16H20N4O4/c1-21-11-13-18-15(24-19-13)12-2-3-14(17-10-12)20-6-4-16(5-7-20)22-8-9-23-16/h2-3,10H,4-9,11H2,1H3. The number of methoxy groups -OCH3 is 1. The molecule has 0 bridgehead atoms. The van der Waals surface area contributed by atoms with E-state index < -0.39 is 0 Å². The number of pyridine rings is 1. The molecule has 2 aliphatic rings. The van der Waals surface area contributed by atoms with Gasteiger partial charge in [-0.15, -0.1) is 0 Å². The maximum absolute atomic E-state index is 5.76. The van der Waals surface area contributed by atoms with Crippen molar-refractivity contribution in [2.45, 2.75) is 25.2 Å². The fourth-order valence-electron chi connectivity index (χ4n) is 3.12. The summed E-state index contributed by atoms with van der Waals surface area (Å²) in [4.78, 5) is 11.0. The number of hydrogen-bond donors (Lipinski definition) is 0. The minimum absolute atomic E-state index is 0.328. The van der Waals surface area contributed by atoms with Gasteiger partial charge in [0.1, 0.15) is 12.4 Å². The number of aromatic nitrogens is 3. The summed E-state index contributed by atoms with van der Waals surface area (Å²) in [5, 5.41) is 3.86. The molecule has 2 saturated heterocycles. The third kappa shape index (κ3) is 3.00. The van der Waals surface area contributed by atoms with Gasteiger partial charge >= 0.3 is 0 Å². The average Bonchev–Trinajstić information content (AvgIpc) is 3.27. The van der Waals surface area contributed by atoms with Gasteiger partial charge in [0, 0.05) is 39.2 Å². The molecule has 0 aromatic carbocycles. The molecule has 0 atom stereocenters. The minimum Gasteiger partial charge on any atom is -0.377 e. The van der Waals surface area contributed by atoms with Gasteiger partial charge in [0.2, 0.25) is 0 Å². The first-order valence-electron chi connectivity index (χ1n) is 8.09. The number of hydrogen-bond acceptors (Lipinski definition) is 8. The molecular weight excluding hydrogens is 312 g/mol. The van der Waals surface area contributed by atoms with E-state index in [1.54, 1.807) is 13.3 Å². The van der Waals surface area contributed by atoms with Gasteiger partial charge in [0.15, 0.2) is 11.6 Å². The van der Waals surface area contributed by atoms with Crippen LogP contribution in [-0.4, -0.2) is 54.3 Å². The molecule has 24 heavy (non-hydrogen) atoms. The fourth-order valence-corrected chi connectivity index (χ4v) is 3.12. The van der Waals surface area contributed by atoms with Crippen molar-refractivity contribution in [3.05, 3.63) is 24.2 Å².